The lowest BCUT2D eigenvalue weighted by Gasteiger charge is -2.35. The van der Waals surface area contributed by atoms with E-state index in [0.29, 0.717) is 13.0 Å². The third kappa shape index (κ3) is 4.10. The molecule has 1 spiro atoms. The molecule has 3 aliphatic heterocycles. The van der Waals surface area contributed by atoms with E-state index in [4.69, 9.17) is 5.11 Å². The number of benzene rings is 1. The van der Waals surface area contributed by atoms with Crippen molar-refractivity contribution in [1.29, 1.82) is 0 Å². The maximum Gasteiger partial charge on any atom is 0.245 e. The summed E-state index contributed by atoms with van der Waals surface area (Å²) >= 11 is 5.38. The zero-order chi connectivity index (χ0) is 25.4. The van der Waals surface area contributed by atoms with Gasteiger partial charge in [0.15, 0.2) is 0 Å². The molecule has 1 aromatic carbocycles. The highest BCUT2D eigenvalue weighted by molar-refractivity contribution is 9.09. The minimum Gasteiger partial charge on any atom is -0.396 e. The number of carbonyl (C=O) groups excluding carboxylic acids is 3. The highest BCUT2D eigenvalue weighted by Gasteiger charge is 2.75. The number of halogens is 1. The smallest absolute Gasteiger partial charge is 0.245 e. The van der Waals surface area contributed by atoms with Crippen LogP contribution in [0, 0.1) is 11.8 Å². The van der Waals surface area contributed by atoms with Crippen LogP contribution < -0.4 is 10.6 Å². The van der Waals surface area contributed by atoms with Gasteiger partial charge in [-0.1, -0.05) is 46.1 Å². The molecule has 3 unspecified atom stereocenters. The summed E-state index contributed by atoms with van der Waals surface area (Å²) in [6, 6.07) is 6.86. The van der Waals surface area contributed by atoms with Gasteiger partial charge in [-0.25, -0.2) is 4.68 Å². The van der Waals surface area contributed by atoms with E-state index in [2.05, 4.69) is 36.9 Å². The molecule has 3 fully saturated rings. The second kappa shape index (κ2) is 10.3. The third-order valence-corrected chi connectivity index (χ3v) is 10.9. The Balaban J connectivity index is 1.41. The lowest BCUT2D eigenvalue weighted by atomic mass is 9.70. The Morgan fingerprint density at radius 1 is 1.22 bits per heavy atom. The molecule has 10 nitrogen and oxygen atoms in total. The summed E-state index contributed by atoms with van der Waals surface area (Å²) in [5, 5.41) is 23.1. The van der Waals surface area contributed by atoms with Crippen LogP contribution in [0.3, 0.4) is 0 Å². The zero-order valence-electron chi connectivity index (χ0n) is 20.1. The van der Waals surface area contributed by atoms with Crippen LogP contribution in [-0.2, 0) is 21.1 Å². The average molecular weight is 580 g/mol. The van der Waals surface area contributed by atoms with E-state index in [1.165, 1.54) is 0 Å². The first kappa shape index (κ1) is 25.5. The van der Waals surface area contributed by atoms with Crippen molar-refractivity contribution >= 4 is 56.4 Å². The van der Waals surface area contributed by atoms with Crippen molar-refractivity contribution in [2.75, 3.05) is 20.2 Å². The number of nitrogens with zero attached hydrogens (tertiary/aromatic N) is 4. The summed E-state index contributed by atoms with van der Waals surface area (Å²) in [5.41, 5.74) is 1.56. The highest BCUT2D eigenvalue weighted by Crippen LogP contribution is 2.67. The number of hydrogen-bond acceptors (Lipinski definition) is 7. The molecule has 2 aromatic rings. The fraction of sp³-hybridized carbons (Fsp3) is 0.625. The fourth-order valence-electron chi connectivity index (χ4n) is 6.17. The van der Waals surface area contributed by atoms with E-state index in [1.54, 1.807) is 28.4 Å². The lowest BCUT2D eigenvalue weighted by molar-refractivity contribution is -0.140. The molecule has 3 amide bonds. The monoisotopic (exact) mass is 578 g/mol. The predicted octanol–water partition coefficient (Wildman–Crippen LogP) is 1.27. The number of aliphatic hydroxyl groups excluding tert-OH is 1. The van der Waals surface area contributed by atoms with E-state index in [0.717, 1.165) is 36.7 Å². The van der Waals surface area contributed by atoms with Crippen LogP contribution in [0.5, 0.6) is 0 Å². The molecule has 4 heterocycles. The van der Waals surface area contributed by atoms with Crippen LogP contribution in [0.2, 0.25) is 0 Å². The molecule has 0 saturated carbocycles. The number of rotatable bonds is 10. The number of carbonyl (C=O) groups is 3. The van der Waals surface area contributed by atoms with Gasteiger partial charge in [0.25, 0.3) is 0 Å². The Kier molecular flexibility index (Phi) is 7.28. The number of thioether (sulfide) groups is 1. The number of para-hydroxylation sites is 1. The Morgan fingerprint density at radius 2 is 2.00 bits per heavy atom. The van der Waals surface area contributed by atoms with E-state index in [-0.39, 0.29) is 41.1 Å². The van der Waals surface area contributed by atoms with E-state index in [9.17, 15) is 14.4 Å². The van der Waals surface area contributed by atoms with Crippen LogP contribution >= 0.6 is 27.7 Å². The molecule has 0 radical (unpaired) electrons. The fourth-order valence-corrected chi connectivity index (χ4v) is 9.78. The van der Waals surface area contributed by atoms with Crippen molar-refractivity contribution < 1.29 is 19.5 Å². The molecular formula is C24H31BrN6O4S. The maximum absolute atomic E-state index is 13.8. The lowest BCUT2D eigenvalue weighted by Crippen LogP contribution is -2.54. The molecule has 3 saturated heterocycles. The van der Waals surface area contributed by atoms with Gasteiger partial charge < -0.3 is 20.6 Å². The number of alkyl halides is 1. The summed E-state index contributed by atoms with van der Waals surface area (Å²) in [6.07, 6.45) is 3.83. The predicted molar refractivity (Wildman–Crippen MR) is 139 cm³/mol. The number of aliphatic hydroxyl groups is 1. The first-order chi connectivity index (χ1) is 17.4. The van der Waals surface area contributed by atoms with Gasteiger partial charge in [-0.05, 0) is 31.4 Å². The second-order valence-corrected chi connectivity index (χ2v) is 12.4. The van der Waals surface area contributed by atoms with Crippen molar-refractivity contribution in [2.24, 2.45) is 11.8 Å². The van der Waals surface area contributed by atoms with Crippen LogP contribution in [0.1, 0.15) is 32.1 Å². The van der Waals surface area contributed by atoms with Crippen molar-refractivity contribution in [3.8, 4) is 0 Å². The quantitative estimate of drug-likeness (QED) is 0.286. The van der Waals surface area contributed by atoms with Crippen LogP contribution in [0.4, 0.5) is 0 Å². The zero-order valence-corrected chi connectivity index (χ0v) is 22.5. The van der Waals surface area contributed by atoms with Gasteiger partial charge in [-0.3, -0.25) is 14.4 Å². The normalized spacial score (nSPS) is 30.7. The van der Waals surface area contributed by atoms with Gasteiger partial charge in [-0.2, -0.15) is 0 Å². The number of fused-ring (bicyclic) bond motifs is 2. The maximum atomic E-state index is 13.8. The van der Waals surface area contributed by atoms with Crippen molar-refractivity contribution in [3.05, 3.63) is 24.3 Å². The second-order valence-electron chi connectivity index (χ2n) is 9.72. The number of nitrogens with one attached hydrogen (secondary N) is 2. The minimum atomic E-state index is -0.674. The topological polar surface area (TPSA) is 129 Å². The van der Waals surface area contributed by atoms with Crippen LogP contribution in [-0.4, -0.2) is 83.8 Å². The molecule has 6 atom stereocenters. The van der Waals surface area contributed by atoms with Crippen LogP contribution in [0.25, 0.3) is 11.0 Å². The van der Waals surface area contributed by atoms with Gasteiger partial charge >= 0.3 is 0 Å². The highest BCUT2D eigenvalue weighted by atomic mass is 79.9. The van der Waals surface area contributed by atoms with E-state index in [1.807, 2.05) is 24.3 Å². The molecule has 36 heavy (non-hydrogen) atoms. The van der Waals surface area contributed by atoms with Gasteiger partial charge in [0, 0.05) is 30.3 Å². The molecule has 5 rings (SSSR count). The summed E-state index contributed by atoms with van der Waals surface area (Å²) < 4.78 is 0.977. The number of likely N-dealkylation sites (tertiary alicyclic amines) is 1. The van der Waals surface area contributed by atoms with E-state index < -0.39 is 22.6 Å². The first-order valence-electron chi connectivity index (χ1n) is 12.4. The van der Waals surface area contributed by atoms with Gasteiger partial charge in [0.2, 0.25) is 17.7 Å². The van der Waals surface area contributed by atoms with Crippen molar-refractivity contribution in [2.45, 2.75) is 59.6 Å². The van der Waals surface area contributed by atoms with Crippen LogP contribution in [0.15, 0.2) is 24.3 Å². The first-order valence-corrected chi connectivity index (χ1v) is 14.2. The standard InChI is InChI=1S/C24H31BrN6O4S/c1-26-21(33)17-18-23(35)30(10-6-2-3-7-11-32)20(24(18)12-14(25)19(17)36-24)22(34)27-13-31-16-9-5-4-8-15(16)28-29-31/h4-5,8-9,14,17-20,32H,2-3,6-7,10-13H2,1H3,(H,26,33)(H,27,34)/t14?,17-,18+,19-,20?,24?/m1/s1. The summed E-state index contributed by atoms with van der Waals surface area (Å²) in [6.45, 7) is 0.736. The third-order valence-electron chi connectivity index (χ3n) is 7.72. The molecule has 3 N–H and O–H groups in total. The van der Waals surface area contributed by atoms with Gasteiger partial charge in [0.1, 0.15) is 18.2 Å². The summed E-state index contributed by atoms with van der Waals surface area (Å²) in [5.74, 6) is -1.48. The SMILES string of the molecule is CNC(=O)[C@H]1[C@@H]2SC3(CC2Br)C(C(=O)NCn2nnc4ccccc42)N(CCCCCCO)C(=O)[C@H]13. The molecule has 3 aliphatic rings. The molecule has 1 aromatic heterocycles. The average Bonchev–Trinajstić information content (AvgIpc) is 3.59. The Hall–Kier alpha value is -2.18. The summed E-state index contributed by atoms with van der Waals surface area (Å²) in [7, 11) is 1.60. The van der Waals surface area contributed by atoms with Crippen molar-refractivity contribution in [3.63, 3.8) is 0 Å². The minimum absolute atomic E-state index is 0.0490. The Bertz CT molecular complexity index is 1160. The Morgan fingerprint density at radius 3 is 2.78 bits per heavy atom. The van der Waals surface area contributed by atoms with Gasteiger partial charge in [-0.15, -0.1) is 16.9 Å². The van der Waals surface area contributed by atoms with Crippen molar-refractivity contribution in [1.82, 2.24) is 30.5 Å². The summed E-state index contributed by atoms with van der Waals surface area (Å²) in [4.78, 5) is 42.3. The number of aromatic nitrogens is 3. The molecule has 12 heteroatoms. The number of hydrogen-bond donors (Lipinski definition) is 3. The van der Waals surface area contributed by atoms with E-state index >= 15 is 0 Å². The molecule has 0 aliphatic carbocycles. The molecular weight excluding hydrogens is 548 g/mol. The van der Waals surface area contributed by atoms with Gasteiger partial charge in [0.05, 0.1) is 22.1 Å². The largest absolute Gasteiger partial charge is 0.396 e. The number of amides is 3. The molecule has 2 bridgehead atoms. The Labute approximate surface area is 222 Å². The molecule has 194 valence electrons. The number of unbranched alkanes of at least 4 members (excludes halogenated alkanes) is 3.